The maximum atomic E-state index is 12.6. The summed E-state index contributed by atoms with van der Waals surface area (Å²) in [6, 6.07) is 14.1. The fraction of sp³-hybridized carbons (Fsp3) is 0.500. The number of fused-ring (bicyclic) bond motifs is 2. The second-order valence-electron chi connectivity index (χ2n) is 8.75. The van der Waals surface area contributed by atoms with E-state index in [1.54, 1.807) is 0 Å². The number of carbonyl (C=O) groups excluding carboxylic acids is 1. The van der Waals surface area contributed by atoms with Gasteiger partial charge in [0.15, 0.2) is 11.2 Å². The maximum Gasteiger partial charge on any atom is 0.412 e. The third-order valence-electron chi connectivity index (χ3n) is 6.55. The molecule has 2 saturated heterocycles. The highest BCUT2D eigenvalue weighted by atomic mass is 32.1. The Morgan fingerprint density at radius 1 is 0.938 bits per heavy atom. The number of ether oxygens (including phenoxy) is 3. The van der Waals surface area contributed by atoms with Crippen molar-refractivity contribution in [2.45, 2.75) is 62.5 Å². The Balaban J connectivity index is 1.14. The summed E-state index contributed by atoms with van der Waals surface area (Å²) in [5, 5.41) is 12.3. The molecule has 0 bridgehead atoms. The number of hydrogen-bond acceptors (Lipinski definition) is 5. The number of anilines is 1. The fourth-order valence-corrected chi connectivity index (χ4v) is 5.26. The largest absolute Gasteiger partial charge is 0.441 e. The zero-order valence-electron chi connectivity index (χ0n) is 17.9. The number of rotatable bonds is 4. The van der Waals surface area contributed by atoms with Crippen LogP contribution in [0.1, 0.15) is 32.1 Å². The molecule has 32 heavy (non-hydrogen) atoms. The van der Waals surface area contributed by atoms with Crippen molar-refractivity contribution < 1.29 is 19.0 Å². The van der Waals surface area contributed by atoms with Crippen LogP contribution in [0.25, 0.3) is 10.8 Å². The summed E-state index contributed by atoms with van der Waals surface area (Å²) < 4.78 is 17.5. The molecule has 3 aliphatic rings. The Hall–Kier alpha value is -2.42. The second kappa shape index (κ2) is 9.60. The van der Waals surface area contributed by atoms with Crippen molar-refractivity contribution in [3.8, 4) is 0 Å². The lowest BCUT2D eigenvalue weighted by molar-refractivity contribution is 0.00880. The van der Waals surface area contributed by atoms with Crippen LogP contribution in [0.5, 0.6) is 0 Å². The quantitative estimate of drug-likeness (QED) is 0.606. The molecule has 1 amide bonds. The average Bonchev–Trinajstić information content (AvgIpc) is 3.38. The lowest BCUT2D eigenvalue weighted by Gasteiger charge is -2.26. The number of nitrogens with one attached hydrogen (secondary N) is 3. The Labute approximate surface area is 193 Å². The SMILES string of the molecule is O=C(Nc1cccc2ccccc12)O[C@@H]1CO[C@H]2[C@@H]1OC[C@@H]2NC(=S)NC1CCCCC1. The van der Waals surface area contributed by atoms with Gasteiger partial charge in [-0.2, -0.15) is 0 Å². The van der Waals surface area contributed by atoms with Gasteiger partial charge in [0, 0.05) is 11.4 Å². The van der Waals surface area contributed by atoms with Crippen LogP contribution < -0.4 is 16.0 Å². The molecule has 2 heterocycles. The Bertz CT molecular complexity index is 975. The summed E-state index contributed by atoms with van der Waals surface area (Å²) >= 11 is 5.51. The first-order valence-corrected chi connectivity index (χ1v) is 11.8. The molecule has 7 nitrogen and oxygen atoms in total. The first kappa shape index (κ1) is 21.4. The van der Waals surface area contributed by atoms with Gasteiger partial charge in [-0.25, -0.2) is 4.79 Å². The Kier molecular flexibility index (Phi) is 6.43. The van der Waals surface area contributed by atoms with E-state index in [4.69, 9.17) is 26.4 Å². The zero-order chi connectivity index (χ0) is 21.9. The molecule has 2 aromatic carbocycles. The van der Waals surface area contributed by atoms with Gasteiger partial charge in [0.25, 0.3) is 0 Å². The van der Waals surface area contributed by atoms with Crippen LogP contribution in [0.3, 0.4) is 0 Å². The van der Waals surface area contributed by atoms with Gasteiger partial charge in [-0.15, -0.1) is 0 Å². The minimum absolute atomic E-state index is 0.0571. The van der Waals surface area contributed by atoms with Crippen molar-refractivity contribution in [1.82, 2.24) is 10.6 Å². The number of carbonyl (C=O) groups is 1. The van der Waals surface area contributed by atoms with Crippen molar-refractivity contribution >= 4 is 39.9 Å². The van der Waals surface area contributed by atoms with Crippen LogP contribution in [0.15, 0.2) is 42.5 Å². The highest BCUT2D eigenvalue weighted by Crippen LogP contribution is 2.30. The third-order valence-corrected chi connectivity index (χ3v) is 6.79. The van der Waals surface area contributed by atoms with E-state index in [0.717, 1.165) is 29.3 Å². The van der Waals surface area contributed by atoms with Gasteiger partial charge >= 0.3 is 6.09 Å². The molecule has 1 aliphatic carbocycles. The van der Waals surface area contributed by atoms with Gasteiger partial charge in [0.2, 0.25) is 0 Å². The van der Waals surface area contributed by atoms with E-state index in [1.165, 1.54) is 19.3 Å². The van der Waals surface area contributed by atoms with Gasteiger partial charge in [-0.05, 0) is 36.5 Å². The molecule has 2 aliphatic heterocycles. The molecule has 1 saturated carbocycles. The molecular weight excluding hydrogens is 426 g/mol. The monoisotopic (exact) mass is 455 g/mol. The van der Waals surface area contributed by atoms with Crippen LogP contribution in [0, 0.1) is 0 Å². The maximum absolute atomic E-state index is 12.6. The fourth-order valence-electron chi connectivity index (χ4n) is 4.94. The molecule has 0 aromatic heterocycles. The lowest BCUT2D eigenvalue weighted by atomic mass is 9.96. The van der Waals surface area contributed by atoms with Crippen molar-refractivity contribution in [2.75, 3.05) is 18.5 Å². The highest BCUT2D eigenvalue weighted by molar-refractivity contribution is 7.80. The number of benzene rings is 2. The molecule has 0 spiro atoms. The minimum atomic E-state index is -0.509. The van der Waals surface area contributed by atoms with E-state index in [2.05, 4.69) is 16.0 Å². The average molecular weight is 456 g/mol. The molecule has 170 valence electrons. The van der Waals surface area contributed by atoms with E-state index >= 15 is 0 Å². The summed E-state index contributed by atoms with van der Waals surface area (Å²) in [7, 11) is 0. The smallest absolute Gasteiger partial charge is 0.412 e. The number of thiocarbonyl (C=S) groups is 1. The molecule has 3 fully saturated rings. The number of amides is 1. The van der Waals surface area contributed by atoms with Crippen LogP contribution in [0.2, 0.25) is 0 Å². The van der Waals surface area contributed by atoms with E-state index in [9.17, 15) is 4.79 Å². The van der Waals surface area contributed by atoms with Crippen LogP contribution in [-0.4, -0.2) is 54.8 Å². The molecule has 5 rings (SSSR count). The predicted molar refractivity (Wildman–Crippen MR) is 127 cm³/mol. The summed E-state index contributed by atoms with van der Waals surface area (Å²) in [6.45, 7) is 0.770. The summed E-state index contributed by atoms with van der Waals surface area (Å²) in [6.07, 6.45) is 4.66. The summed E-state index contributed by atoms with van der Waals surface area (Å²) in [5.74, 6) is 0. The summed E-state index contributed by atoms with van der Waals surface area (Å²) in [4.78, 5) is 12.6. The molecule has 0 radical (unpaired) electrons. The lowest BCUT2D eigenvalue weighted by Crippen LogP contribution is -2.50. The van der Waals surface area contributed by atoms with Crippen molar-refractivity contribution in [3.05, 3.63) is 42.5 Å². The normalized spacial score (nSPS) is 27.6. The predicted octanol–water partition coefficient (Wildman–Crippen LogP) is 3.72. The topological polar surface area (TPSA) is 80.9 Å². The first-order chi connectivity index (χ1) is 15.7. The van der Waals surface area contributed by atoms with Gasteiger partial charge in [-0.3, -0.25) is 5.32 Å². The Morgan fingerprint density at radius 2 is 1.72 bits per heavy atom. The van der Waals surface area contributed by atoms with Gasteiger partial charge in [0.1, 0.15) is 12.2 Å². The Morgan fingerprint density at radius 3 is 2.59 bits per heavy atom. The third kappa shape index (κ3) is 4.67. The molecule has 0 unspecified atom stereocenters. The molecule has 4 atom stereocenters. The molecule has 3 N–H and O–H groups in total. The van der Waals surface area contributed by atoms with E-state index in [1.807, 2.05) is 42.5 Å². The van der Waals surface area contributed by atoms with Crippen molar-refractivity contribution in [3.63, 3.8) is 0 Å². The molecule has 2 aromatic rings. The van der Waals surface area contributed by atoms with Crippen molar-refractivity contribution in [2.24, 2.45) is 0 Å². The number of hydrogen-bond donors (Lipinski definition) is 3. The second-order valence-corrected chi connectivity index (χ2v) is 9.16. The van der Waals surface area contributed by atoms with Crippen LogP contribution in [-0.2, 0) is 14.2 Å². The first-order valence-electron chi connectivity index (χ1n) is 11.4. The summed E-state index contributed by atoms with van der Waals surface area (Å²) in [5.41, 5.74) is 0.717. The van der Waals surface area contributed by atoms with Crippen LogP contribution in [0.4, 0.5) is 10.5 Å². The zero-order valence-corrected chi connectivity index (χ0v) is 18.7. The highest BCUT2D eigenvalue weighted by Gasteiger charge is 2.49. The standard InChI is InChI=1S/C24H29N3O4S/c28-24(27-18-12-6-8-15-7-4-5-11-17(15)18)31-20-14-30-21-19(13-29-22(20)21)26-23(32)25-16-9-2-1-3-10-16/h4-8,11-12,16,19-22H,1-3,9-10,13-14H2,(H,27,28)(H2,25,26,32)/t19-,20+,21+,22+/m0/s1. The van der Waals surface area contributed by atoms with Gasteiger partial charge < -0.3 is 24.8 Å². The van der Waals surface area contributed by atoms with Gasteiger partial charge in [-0.1, -0.05) is 55.7 Å². The van der Waals surface area contributed by atoms with E-state index in [-0.39, 0.29) is 18.2 Å². The van der Waals surface area contributed by atoms with Crippen LogP contribution >= 0.6 is 12.2 Å². The van der Waals surface area contributed by atoms with Gasteiger partial charge in [0.05, 0.1) is 24.9 Å². The molecular formula is C24H29N3O4S. The minimum Gasteiger partial charge on any atom is -0.441 e. The van der Waals surface area contributed by atoms with E-state index < -0.39 is 12.2 Å². The van der Waals surface area contributed by atoms with Crippen molar-refractivity contribution in [1.29, 1.82) is 0 Å². The van der Waals surface area contributed by atoms with E-state index in [0.29, 0.717) is 24.4 Å². The molecule has 8 heteroatoms.